The topological polar surface area (TPSA) is 67.9 Å². The molecule has 3 rings (SSSR count). The van der Waals surface area contributed by atoms with Crippen molar-refractivity contribution in [1.82, 2.24) is 10.2 Å². The SMILES string of the molecule is COc1ccc(OC)c(C2CN(C(=O)c3ccc(C)cc3)CC2C(=O)NCC(C)C)c1. The van der Waals surface area contributed by atoms with E-state index in [9.17, 15) is 9.59 Å². The molecule has 2 amide bonds. The van der Waals surface area contributed by atoms with E-state index in [0.29, 0.717) is 42.6 Å². The molecular formula is C25H32N2O4. The molecule has 31 heavy (non-hydrogen) atoms. The first-order valence-electron chi connectivity index (χ1n) is 10.7. The van der Waals surface area contributed by atoms with Gasteiger partial charge in [0, 0.05) is 36.7 Å². The minimum Gasteiger partial charge on any atom is -0.497 e. The lowest BCUT2D eigenvalue weighted by atomic mass is 9.87. The number of aryl methyl sites for hydroxylation is 1. The Morgan fingerprint density at radius 3 is 2.39 bits per heavy atom. The third kappa shape index (κ3) is 5.19. The first-order chi connectivity index (χ1) is 14.8. The highest BCUT2D eigenvalue weighted by molar-refractivity contribution is 5.95. The number of hydrogen-bond acceptors (Lipinski definition) is 4. The van der Waals surface area contributed by atoms with E-state index in [1.165, 1.54) is 0 Å². The average molecular weight is 425 g/mol. The van der Waals surface area contributed by atoms with Crippen molar-refractivity contribution in [2.24, 2.45) is 11.8 Å². The first-order valence-corrected chi connectivity index (χ1v) is 10.7. The molecule has 1 aliphatic heterocycles. The van der Waals surface area contributed by atoms with Gasteiger partial charge in [0.1, 0.15) is 11.5 Å². The van der Waals surface area contributed by atoms with Gasteiger partial charge in [-0.05, 0) is 43.2 Å². The monoisotopic (exact) mass is 424 g/mol. The Labute approximate surface area is 184 Å². The quantitative estimate of drug-likeness (QED) is 0.737. The predicted molar refractivity (Wildman–Crippen MR) is 121 cm³/mol. The maximum absolute atomic E-state index is 13.2. The fourth-order valence-corrected chi connectivity index (χ4v) is 3.99. The van der Waals surface area contributed by atoms with Crippen molar-refractivity contribution in [3.63, 3.8) is 0 Å². The van der Waals surface area contributed by atoms with Crippen LogP contribution in [-0.2, 0) is 4.79 Å². The zero-order valence-electron chi connectivity index (χ0n) is 19.0. The van der Waals surface area contributed by atoms with Crippen LogP contribution >= 0.6 is 0 Å². The van der Waals surface area contributed by atoms with Crippen LogP contribution in [0.3, 0.4) is 0 Å². The van der Waals surface area contributed by atoms with Gasteiger partial charge in [0.05, 0.1) is 20.1 Å². The molecule has 6 heteroatoms. The van der Waals surface area contributed by atoms with E-state index in [4.69, 9.17) is 9.47 Å². The zero-order chi connectivity index (χ0) is 22.5. The van der Waals surface area contributed by atoms with Gasteiger partial charge >= 0.3 is 0 Å². The highest BCUT2D eigenvalue weighted by Gasteiger charge is 2.41. The van der Waals surface area contributed by atoms with Crippen LogP contribution < -0.4 is 14.8 Å². The molecule has 0 aromatic heterocycles. The number of ether oxygens (including phenoxy) is 2. The molecule has 6 nitrogen and oxygen atoms in total. The standard InChI is InChI=1S/C25H32N2O4/c1-16(2)13-26-24(28)22-15-27(25(29)18-8-6-17(3)7-9-18)14-21(22)20-12-19(30-4)10-11-23(20)31-5/h6-12,16,21-22H,13-15H2,1-5H3,(H,26,28). The van der Waals surface area contributed by atoms with Crippen molar-refractivity contribution in [1.29, 1.82) is 0 Å². The molecule has 2 atom stereocenters. The molecule has 0 spiro atoms. The van der Waals surface area contributed by atoms with E-state index < -0.39 is 0 Å². The maximum atomic E-state index is 13.2. The van der Waals surface area contributed by atoms with Crippen LogP contribution in [0.25, 0.3) is 0 Å². The molecule has 2 unspecified atom stereocenters. The summed E-state index contributed by atoms with van der Waals surface area (Å²) < 4.78 is 11.0. The smallest absolute Gasteiger partial charge is 0.253 e. The lowest BCUT2D eigenvalue weighted by molar-refractivity contribution is -0.125. The summed E-state index contributed by atoms with van der Waals surface area (Å²) in [5, 5.41) is 3.05. The first kappa shape index (κ1) is 22.7. The van der Waals surface area contributed by atoms with Gasteiger partial charge in [-0.2, -0.15) is 0 Å². The fraction of sp³-hybridized carbons (Fsp3) is 0.440. The number of hydrogen-bond donors (Lipinski definition) is 1. The van der Waals surface area contributed by atoms with Crippen LogP contribution in [0.4, 0.5) is 0 Å². The van der Waals surface area contributed by atoms with E-state index in [0.717, 1.165) is 11.1 Å². The number of benzene rings is 2. The summed E-state index contributed by atoms with van der Waals surface area (Å²) in [6, 6.07) is 13.1. The predicted octanol–water partition coefficient (Wildman–Crippen LogP) is 3.64. The Kier molecular flexibility index (Phi) is 7.21. The average Bonchev–Trinajstić information content (AvgIpc) is 3.22. The number of likely N-dealkylation sites (tertiary alicyclic amines) is 1. The second kappa shape index (κ2) is 9.86. The van der Waals surface area contributed by atoms with Gasteiger partial charge in [0.25, 0.3) is 5.91 Å². The molecule has 0 saturated carbocycles. The Balaban J connectivity index is 1.93. The van der Waals surface area contributed by atoms with E-state index in [1.54, 1.807) is 19.1 Å². The maximum Gasteiger partial charge on any atom is 0.253 e. The molecule has 2 aromatic rings. The van der Waals surface area contributed by atoms with Gasteiger partial charge in [0.15, 0.2) is 0 Å². The van der Waals surface area contributed by atoms with Gasteiger partial charge in [-0.3, -0.25) is 9.59 Å². The molecular weight excluding hydrogens is 392 g/mol. The molecule has 2 aromatic carbocycles. The van der Waals surface area contributed by atoms with Gasteiger partial charge in [0.2, 0.25) is 5.91 Å². The Bertz CT molecular complexity index is 924. The summed E-state index contributed by atoms with van der Waals surface area (Å²) >= 11 is 0. The van der Waals surface area contributed by atoms with Gasteiger partial charge in [-0.1, -0.05) is 31.5 Å². The number of nitrogens with zero attached hydrogens (tertiary/aromatic N) is 1. The van der Waals surface area contributed by atoms with E-state index >= 15 is 0 Å². The summed E-state index contributed by atoms with van der Waals surface area (Å²) in [5.41, 5.74) is 2.61. The molecule has 1 heterocycles. The second-order valence-electron chi connectivity index (χ2n) is 8.54. The number of nitrogens with one attached hydrogen (secondary N) is 1. The molecule has 1 aliphatic rings. The summed E-state index contributed by atoms with van der Waals surface area (Å²) in [5.74, 6) is 1.08. The fourth-order valence-electron chi connectivity index (χ4n) is 3.99. The largest absolute Gasteiger partial charge is 0.497 e. The van der Waals surface area contributed by atoms with Crippen molar-refractivity contribution >= 4 is 11.8 Å². The molecule has 1 fully saturated rings. The summed E-state index contributed by atoms with van der Waals surface area (Å²) in [7, 11) is 3.23. The highest BCUT2D eigenvalue weighted by atomic mass is 16.5. The normalized spacial score (nSPS) is 18.2. The van der Waals surface area contributed by atoms with Crippen LogP contribution in [0, 0.1) is 18.8 Å². The van der Waals surface area contributed by atoms with Crippen molar-refractivity contribution in [3.8, 4) is 11.5 Å². The third-order valence-electron chi connectivity index (χ3n) is 5.76. The third-order valence-corrected chi connectivity index (χ3v) is 5.76. The van der Waals surface area contributed by atoms with Crippen LogP contribution in [0.1, 0.15) is 41.3 Å². The van der Waals surface area contributed by atoms with Crippen LogP contribution in [0.5, 0.6) is 11.5 Å². The van der Waals surface area contributed by atoms with Crippen molar-refractivity contribution in [2.75, 3.05) is 33.9 Å². The van der Waals surface area contributed by atoms with Crippen LogP contribution in [0.15, 0.2) is 42.5 Å². The highest BCUT2D eigenvalue weighted by Crippen LogP contribution is 2.40. The zero-order valence-corrected chi connectivity index (χ0v) is 19.0. The molecule has 1 saturated heterocycles. The van der Waals surface area contributed by atoms with Gasteiger partial charge in [-0.15, -0.1) is 0 Å². The molecule has 0 radical (unpaired) electrons. The lowest BCUT2D eigenvalue weighted by Gasteiger charge is -2.21. The van der Waals surface area contributed by atoms with Crippen molar-refractivity contribution in [3.05, 3.63) is 59.2 Å². The number of carbonyl (C=O) groups excluding carboxylic acids is 2. The molecule has 166 valence electrons. The minimum atomic E-state index is -0.367. The summed E-state index contributed by atoms with van der Waals surface area (Å²) in [6.07, 6.45) is 0. The Morgan fingerprint density at radius 1 is 1.06 bits per heavy atom. The van der Waals surface area contributed by atoms with Crippen LogP contribution in [0.2, 0.25) is 0 Å². The van der Waals surface area contributed by atoms with Gasteiger partial charge < -0.3 is 19.7 Å². The van der Waals surface area contributed by atoms with E-state index in [2.05, 4.69) is 19.2 Å². The number of rotatable bonds is 7. The van der Waals surface area contributed by atoms with E-state index in [1.807, 2.05) is 49.4 Å². The number of carbonyl (C=O) groups is 2. The van der Waals surface area contributed by atoms with Gasteiger partial charge in [-0.25, -0.2) is 0 Å². The number of methoxy groups -OCH3 is 2. The van der Waals surface area contributed by atoms with E-state index in [-0.39, 0.29) is 23.7 Å². The second-order valence-corrected chi connectivity index (χ2v) is 8.54. The van der Waals surface area contributed by atoms with Crippen LogP contribution in [-0.4, -0.2) is 50.6 Å². The van der Waals surface area contributed by atoms with Crippen molar-refractivity contribution in [2.45, 2.75) is 26.7 Å². The molecule has 1 N–H and O–H groups in total. The number of amides is 2. The Hall–Kier alpha value is -3.02. The minimum absolute atomic E-state index is 0.0391. The lowest BCUT2D eigenvalue weighted by Crippen LogP contribution is -2.37. The summed E-state index contributed by atoms with van der Waals surface area (Å²) in [6.45, 7) is 7.51. The Morgan fingerprint density at radius 2 is 1.77 bits per heavy atom. The summed E-state index contributed by atoms with van der Waals surface area (Å²) in [4.78, 5) is 28.1. The molecule has 0 bridgehead atoms. The molecule has 0 aliphatic carbocycles. The van der Waals surface area contributed by atoms with Crippen molar-refractivity contribution < 1.29 is 19.1 Å².